The number of hydrogen-bond acceptors (Lipinski definition) is 5. The van der Waals surface area contributed by atoms with Gasteiger partial charge in [-0.25, -0.2) is 4.79 Å². The van der Waals surface area contributed by atoms with E-state index in [4.69, 9.17) is 17.3 Å². The van der Waals surface area contributed by atoms with E-state index in [9.17, 15) is 9.90 Å². The van der Waals surface area contributed by atoms with E-state index in [0.29, 0.717) is 22.8 Å². The summed E-state index contributed by atoms with van der Waals surface area (Å²) in [6.07, 6.45) is 3.33. The number of nitrogens with one attached hydrogen (secondary N) is 2. The highest BCUT2D eigenvalue weighted by molar-refractivity contribution is 7.80. The molecule has 9 heteroatoms. The quantitative estimate of drug-likeness (QED) is 0.267. The molecule has 0 atom stereocenters. The Kier molecular flexibility index (Phi) is 5.91. The number of thiocarbonyl (C=S) groups is 1. The number of carboxylic acids is 1. The van der Waals surface area contributed by atoms with Gasteiger partial charge in [0, 0.05) is 18.3 Å². The summed E-state index contributed by atoms with van der Waals surface area (Å²) in [7, 11) is 1.79. The van der Waals surface area contributed by atoms with Gasteiger partial charge < -0.3 is 15.5 Å². The molecule has 0 spiro atoms. The summed E-state index contributed by atoms with van der Waals surface area (Å²) in [5.74, 6) is -0.927. The summed E-state index contributed by atoms with van der Waals surface area (Å²) >= 11 is 5.24. The molecule has 0 aliphatic heterocycles. The molecule has 32 heavy (non-hydrogen) atoms. The molecule has 0 amide bonds. The lowest BCUT2D eigenvalue weighted by atomic mass is 10.0. The van der Waals surface area contributed by atoms with Crippen LogP contribution in [-0.2, 0) is 19.9 Å². The van der Waals surface area contributed by atoms with Crippen molar-refractivity contribution in [3.05, 3.63) is 64.8 Å². The molecule has 8 nitrogen and oxygen atoms in total. The minimum atomic E-state index is -0.994. The zero-order valence-corrected chi connectivity index (χ0v) is 18.5. The standard InChI is InChI=1S/C23H23N5O3S/c1-13(25-26-23(32)24-18-10-8-15(9-11-18)22(30)31)19-21(29)20(28(2)27-19)17-7-6-14-4-3-5-16(14)12-17/h6-12,29H,3-5H2,1-2H3,(H,30,31)(H2,24,26,32). The van der Waals surface area contributed by atoms with E-state index in [1.807, 2.05) is 6.07 Å². The van der Waals surface area contributed by atoms with Gasteiger partial charge in [-0.1, -0.05) is 12.1 Å². The number of nitrogens with zero attached hydrogens (tertiary/aromatic N) is 3. The van der Waals surface area contributed by atoms with E-state index >= 15 is 0 Å². The summed E-state index contributed by atoms with van der Waals surface area (Å²) in [4.78, 5) is 10.9. The number of rotatable bonds is 5. The predicted molar refractivity (Wildman–Crippen MR) is 127 cm³/mol. The second-order valence-corrected chi connectivity index (χ2v) is 8.06. The van der Waals surface area contributed by atoms with Crippen LogP contribution in [-0.4, -0.2) is 36.8 Å². The van der Waals surface area contributed by atoms with Gasteiger partial charge >= 0.3 is 5.97 Å². The summed E-state index contributed by atoms with van der Waals surface area (Å²) in [6.45, 7) is 1.73. The smallest absolute Gasteiger partial charge is 0.335 e. The fraction of sp³-hybridized carbons (Fsp3) is 0.217. The summed E-state index contributed by atoms with van der Waals surface area (Å²) in [5, 5.41) is 31.7. The first kappa shape index (κ1) is 21.5. The topological polar surface area (TPSA) is 112 Å². The van der Waals surface area contributed by atoms with Gasteiger partial charge in [0.05, 0.1) is 11.3 Å². The molecule has 0 saturated heterocycles. The van der Waals surface area contributed by atoms with Crippen LogP contribution in [0.4, 0.5) is 5.69 Å². The molecule has 0 saturated carbocycles. The normalized spacial score (nSPS) is 13.0. The van der Waals surface area contributed by atoms with Crippen molar-refractivity contribution >= 4 is 34.7 Å². The fourth-order valence-electron chi connectivity index (χ4n) is 3.84. The summed E-state index contributed by atoms with van der Waals surface area (Å²) in [6, 6.07) is 12.5. The second-order valence-electron chi connectivity index (χ2n) is 7.65. The molecule has 1 aromatic heterocycles. The van der Waals surface area contributed by atoms with Crippen molar-refractivity contribution in [1.82, 2.24) is 15.2 Å². The van der Waals surface area contributed by atoms with E-state index in [1.165, 1.54) is 23.3 Å². The van der Waals surface area contributed by atoms with Gasteiger partial charge in [-0.05, 0) is 79.9 Å². The monoisotopic (exact) mass is 449 g/mol. The minimum Gasteiger partial charge on any atom is -0.504 e. The van der Waals surface area contributed by atoms with Crippen LogP contribution in [0.2, 0.25) is 0 Å². The first-order valence-electron chi connectivity index (χ1n) is 10.2. The number of carboxylic acid groups (broad SMARTS) is 1. The molecular weight excluding hydrogens is 426 g/mol. The molecule has 4 rings (SSSR count). The number of benzene rings is 2. The number of aryl methyl sites for hydroxylation is 3. The number of aromatic hydroxyl groups is 1. The minimum absolute atomic E-state index is 0.0663. The molecule has 2 aromatic carbocycles. The van der Waals surface area contributed by atoms with Crippen molar-refractivity contribution in [3.8, 4) is 17.0 Å². The van der Waals surface area contributed by atoms with Gasteiger partial charge in [0.1, 0.15) is 5.69 Å². The van der Waals surface area contributed by atoms with Crippen LogP contribution in [0, 0.1) is 0 Å². The number of aromatic nitrogens is 2. The Bertz CT molecular complexity index is 1230. The molecule has 164 valence electrons. The van der Waals surface area contributed by atoms with Crippen LogP contribution in [0.3, 0.4) is 0 Å². The van der Waals surface area contributed by atoms with Crippen LogP contribution < -0.4 is 10.7 Å². The number of hydrazone groups is 1. The molecule has 1 heterocycles. The molecule has 0 radical (unpaired) electrons. The predicted octanol–water partition coefficient (Wildman–Crippen LogP) is 3.69. The highest BCUT2D eigenvalue weighted by Gasteiger charge is 2.21. The average Bonchev–Trinajstić information content (AvgIpc) is 3.35. The van der Waals surface area contributed by atoms with Crippen molar-refractivity contribution < 1.29 is 15.0 Å². The molecule has 1 aliphatic rings. The highest BCUT2D eigenvalue weighted by atomic mass is 32.1. The van der Waals surface area contributed by atoms with Gasteiger partial charge in [-0.15, -0.1) is 0 Å². The van der Waals surface area contributed by atoms with E-state index in [1.54, 1.807) is 30.8 Å². The maximum Gasteiger partial charge on any atom is 0.335 e. The molecule has 4 N–H and O–H groups in total. The van der Waals surface area contributed by atoms with Crippen LogP contribution in [0.1, 0.15) is 40.5 Å². The second kappa shape index (κ2) is 8.80. The third-order valence-corrected chi connectivity index (χ3v) is 5.65. The third kappa shape index (κ3) is 4.33. The maximum atomic E-state index is 10.9. The molecule has 0 fully saturated rings. The van der Waals surface area contributed by atoms with E-state index in [0.717, 1.165) is 24.8 Å². The lowest BCUT2D eigenvalue weighted by molar-refractivity contribution is 0.0697. The van der Waals surface area contributed by atoms with Gasteiger partial charge in [-0.3, -0.25) is 10.1 Å². The Morgan fingerprint density at radius 2 is 1.88 bits per heavy atom. The van der Waals surface area contributed by atoms with Crippen LogP contribution in [0.15, 0.2) is 47.6 Å². The zero-order chi connectivity index (χ0) is 22.8. The third-order valence-electron chi connectivity index (χ3n) is 5.45. The first-order chi connectivity index (χ1) is 15.3. The lowest BCUT2D eigenvalue weighted by Crippen LogP contribution is -2.25. The average molecular weight is 450 g/mol. The number of carbonyl (C=O) groups is 1. The largest absolute Gasteiger partial charge is 0.504 e. The molecular formula is C23H23N5O3S. The Hall–Kier alpha value is -3.72. The Labute approximate surface area is 190 Å². The van der Waals surface area contributed by atoms with E-state index < -0.39 is 5.97 Å². The molecule has 3 aromatic rings. The molecule has 0 unspecified atom stereocenters. The lowest BCUT2D eigenvalue weighted by Gasteiger charge is -2.08. The van der Waals surface area contributed by atoms with Crippen molar-refractivity contribution in [2.45, 2.75) is 26.2 Å². The van der Waals surface area contributed by atoms with Gasteiger partial charge in [-0.2, -0.15) is 10.2 Å². The number of aromatic carboxylic acids is 1. The summed E-state index contributed by atoms with van der Waals surface area (Å²) in [5.41, 5.74) is 8.63. The van der Waals surface area contributed by atoms with E-state index in [-0.39, 0.29) is 16.4 Å². The number of anilines is 1. The van der Waals surface area contributed by atoms with Gasteiger partial charge in [0.2, 0.25) is 0 Å². The fourth-order valence-corrected chi connectivity index (χ4v) is 4.01. The summed E-state index contributed by atoms with van der Waals surface area (Å²) < 4.78 is 1.65. The molecule has 0 bridgehead atoms. The van der Waals surface area contributed by atoms with Crippen molar-refractivity contribution in [3.63, 3.8) is 0 Å². The van der Waals surface area contributed by atoms with E-state index in [2.05, 4.69) is 33.1 Å². The van der Waals surface area contributed by atoms with Crippen molar-refractivity contribution in [1.29, 1.82) is 0 Å². The van der Waals surface area contributed by atoms with Crippen molar-refractivity contribution in [2.75, 3.05) is 5.32 Å². The van der Waals surface area contributed by atoms with Gasteiger partial charge in [0.25, 0.3) is 0 Å². The number of fused-ring (bicyclic) bond motifs is 1. The highest BCUT2D eigenvalue weighted by Crippen LogP contribution is 2.34. The van der Waals surface area contributed by atoms with Crippen LogP contribution in [0.5, 0.6) is 5.75 Å². The Morgan fingerprint density at radius 1 is 1.16 bits per heavy atom. The Balaban J connectivity index is 1.48. The zero-order valence-electron chi connectivity index (χ0n) is 17.7. The van der Waals surface area contributed by atoms with Crippen LogP contribution in [0.25, 0.3) is 11.3 Å². The van der Waals surface area contributed by atoms with Gasteiger partial charge in [0.15, 0.2) is 16.6 Å². The van der Waals surface area contributed by atoms with Crippen LogP contribution >= 0.6 is 12.2 Å². The Morgan fingerprint density at radius 3 is 2.59 bits per heavy atom. The maximum absolute atomic E-state index is 10.9. The first-order valence-corrected chi connectivity index (χ1v) is 10.6. The molecule has 1 aliphatic carbocycles. The SMILES string of the molecule is CC(=NNC(=S)Nc1ccc(C(=O)O)cc1)c1nn(C)c(-c2ccc3c(c2)CCC3)c1O. The van der Waals surface area contributed by atoms with Crippen molar-refractivity contribution in [2.24, 2.45) is 12.1 Å². The number of hydrogen-bond donors (Lipinski definition) is 4.